The zero-order chi connectivity index (χ0) is 18.8. The molecule has 2 atom stereocenters. The van der Waals surface area contributed by atoms with Gasteiger partial charge in [-0.1, -0.05) is 91.5 Å². The molecule has 0 fully saturated rings. The van der Waals surface area contributed by atoms with Crippen LogP contribution in [0, 0.1) is 0 Å². The van der Waals surface area contributed by atoms with Crippen LogP contribution < -0.4 is 0 Å². The van der Waals surface area contributed by atoms with E-state index in [0.717, 1.165) is 0 Å². The van der Waals surface area contributed by atoms with Crippen LogP contribution in [0.1, 0.15) is 40.3 Å². The molecule has 2 aliphatic rings. The minimum absolute atomic E-state index is 0.550. The Morgan fingerprint density at radius 1 is 0.926 bits per heavy atom. The van der Waals surface area contributed by atoms with Gasteiger partial charge in [-0.05, 0) is 61.4 Å². The van der Waals surface area contributed by atoms with Crippen molar-refractivity contribution in [2.75, 3.05) is 0 Å². The molecule has 2 unspecified atom stereocenters. The van der Waals surface area contributed by atoms with Gasteiger partial charge in [0.2, 0.25) is 0 Å². The standard InChI is InChI=1S/C25H23BrSi/c1-16-14-21-22(15-18-9-5-7-11-20(18)24(21)26)25(16)27(2,3)23-13-12-17-8-4-6-10-19(17)23/h4-15,23,25H,1-3H3. The van der Waals surface area contributed by atoms with Gasteiger partial charge in [-0.3, -0.25) is 0 Å². The summed E-state index contributed by atoms with van der Waals surface area (Å²) in [6.45, 7) is 7.48. The minimum atomic E-state index is -1.69. The van der Waals surface area contributed by atoms with Gasteiger partial charge in [-0.2, -0.15) is 0 Å². The maximum absolute atomic E-state index is 3.92. The monoisotopic (exact) mass is 430 g/mol. The van der Waals surface area contributed by atoms with Crippen molar-refractivity contribution in [2.45, 2.75) is 31.1 Å². The molecule has 0 aliphatic heterocycles. The number of allylic oxidation sites excluding steroid dienone is 2. The van der Waals surface area contributed by atoms with Gasteiger partial charge in [0.1, 0.15) is 0 Å². The van der Waals surface area contributed by atoms with Gasteiger partial charge in [0.15, 0.2) is 0 Å². The average Bonchev–Trinajstić information content (AvgIpc) is 3.23. The number of hydrogen-bond acceptors (Lipinski definition) is 0. The van der Waals surface area contributed by atoms with E-state index < -0.39 is 8.07 Å². The van der Waals surface area contributed by atoms with E-state index in [-0.39, 0.29) is 0 Å². The largest absolute Gasteiger partial charge is 0.0791 e. The average molecular weight is 431 g/mol. The number of hydrogen-bond donors (Lipinski definition) is 0. The SMILES string of the molecule is CC1=Cc2c(cc3ccccc3c2Br)C1[Si](C)(C)C1C=Cc2ccccc21. The Labute approximate surface area is 170 Å². The molecule has 0 saturated heterocycles. The lowest BCUT2D eigenvalue weighted by Crippen LogP contribution is -2.41. The van der Waals surface area contributed by atoms with Gasteiger partial charge in [0.25, 0.3) is 0 Å². The lowest BCUT2D eigenvalue weighted by atomic mass is 10.0. The molecule has 0 nitrogen and oxygen atoms in total. The molecule has 0 bridgehead atoms. The summed E-state index contributed by atoms with van der Waals surface area (Å²) in [5.74, 6) is 0. The molecule has 3 aromatic rings. The van der Waals surface area contributed by atoms with Crippen LogP contribution in [0.5, 0.6) is 0 Å². The molecule has 0 radical (unpaired) electrons. The molecule has 2 aliphatic carbocycles. The summed E-state index contributed by atoms with van der Waals surface area (Å²) in [6.07, 6.45) is 7.23. The van der Waals surface area contributed by atoms with Crippen LogP contribution in [-0.4, -0.2) is 8.07 Å². The van der Waals surface area contributed by atoms with Crippen molar-refractivity contribution in [2.24, 2.45) is 0 Å². The predicted molar refractivity (Wildman–Crippen MR) is 124 cm³/mol. The van der Waals surface area contributed by atoms with E-state index in [9.17, 15) is 0 Å². The molecule has 27 heavy (non-hydrogen) atoms. The Kier molecular flexibility index (Phi) is 3.86. The zero-order valence-corrected chi connectivity index (χ0v) is 18.5. The smallest absolute Gasteiger partial charge is 0.0718 e. The summed E-state index contributed by atoms with van der Waals surface area (Å²) in [6, 6.07) is 20.1. The highest BCUT2D eigenvalue weighted by Crippen LogP contribution is 2.52. The number of fused-ring (bicyclic) bond motifs is 3. The van der Waals surface area contributed by atoms with Gasteiger partial charge < -0.3 is 0 Å². The third-order valence-corrected chi connectivity index (χ3v) is 11.8. The quantitative estimate of drug-likeness (QED) is 0.365. The Balaban J connectivity index is 1.68. The second kappa shape index (κ2) is 6.05. The molecule has 5 rings (SSSR count). The summed E-state index contributed by atoms with van der Waals surface area (Å²) in [5, 5.41) is 2.65. The molecular formula is C25H23BrSi. The predicted octanol–water partition coefficient (Wildman–Crippen LogP) is 7.70. The maximum atomic E-state index is 3.92. The summed E-state index contributed by atoms with van der Waals surface area (Å²) >= 11 is 3.92. The van der Waals surface area contributed by atoms with Crippen molar-refractivity contribution in [3.05, 3.63) is 93.0 Å². The molecule has 0 amide bonds. The molecule has 0 saturated carbocycles. The van der Waals surface area contributed by atoms with E-state index in [4.69, 9.17) is 0 Å². The van der Waals surface area contributed by atoms with Gasteiger partial charge in [-0.25, -0.2) is 0 Å². The molecule has 0 heterocycles. The van der Waals surface area contributed by atoms with Crippen LogP contribution in [0.4, 0.5) is 0 Å². The van der Waals surface area contributed by atoms with Crippen LogP contribution in [-0.2, 0) is 0 Å². The molecule has 134 valence electrons. The van der Waals surface area contributed by atoms with Crippen molar-refractivity contribution in [3.8, 4) is 0 Å². The van der Waals surface area contributed by atoms with Crippen molar-refractivity contribution in [3.63, 3.8) is 0 Å². The molecule has 3 aromatic carbocycles. The normalized spacial score (nSPS) is 20.7. The highest BCUT2D eigenvalue weighted by molar-refractivity contribution is 9.10. The van der Waals surface area contributed by atoms with Crippen LogP contribution in [0.15, 0.2) is 70.7 Å². The highest BCUT2D eigenvalue weighted by atomic mass is 79.9. The van der Waals surface area contributed by atoms with Crippen LogP contribution >= 0.6 is 15.9 Å². The van der Waals surface area contributed by atoms with Crippen molar-refractivity contribution in [1.82, 2.24) is 0 Å². The Morgan fingerprint density at radius 3 is 2.52 bits per heavy atom. The Hall–Kier alpha value is -1.90. The number of halogens is 1. The molecule has 0 aromatic heterocycles. The van der Waals surface area contributed by atoms with Gasteiger partial charge in [-0.15, -0.1) is 0 Å². The molecule has 2 heteroatoms. The van der Waals surface area contributed by atoms with E-state index in [1.807, 2.05) is 0 Å². The maximum Gasteiger partial charge on any atom is 0.0718 e. The first-order chi connectivity index (χ1) is 13.0. The first kappa shape index (κ1) is 17.2. The van der Waals surface area contributed by atoms with Crippen molar-refractivity contribution >= 4 is 46.9 Å². The third kappa shape index (κ3) is 2.46. The van der Waals surface area contributed by atoms with Crippen molar-refractivity contribution < 1.29 is 0 Å². The van der Waals surface area contributed by atoms with E-state index in [1.165, 1.54) is 43.1 Å². The second-order valence-electron chi connectivity index (χ2n) is 8.52. The number of rotatable bonds is 2. The first-order valence-electron chi connectivity index (χ1n) is 9.65. The lowest BCUT2D eigenvalue weighted by molar-refractivity contribution is 1.00. The topological polar surface area (TPSA) is 0 Å². The summed E-state index contributed by atoms with van der Waals surface area (Å²) in [4.78, 5) is 0. The number of benzene rings is 3. The fourth-order valence-corrected chi connectivity index (χ4v) is 10.4. The molecule has 0 spiro atoms. The Morgan fingerprint density at radius 2 is 1.67 bits per heavy atom. The third-order valence-electron chi connectivity index (χ3n) is 6.54. The minimum Gasteiger partial charge on any atom is -0.0791 e. The second-order valence-corrected chi connectivity index (χ2v) is 14.2. The summed E-state index contributed by atoms with van der Waals surface area (Å²) < 4.78 is 1.25. The summed E-state index contributed by atoms with van der Waals surface area (Å²) in [5.41, 5.74) is 8.49. The van der Waals surface area contributed by atoms with Gasteiger partial charge in [0.05, 0.1) is 8.07 Å². The van der Waals surface area contributed by atoms with E-state index >= 15 is 0 Å². The fraction of sp³-hybridized carbons (Fsp3) is 0.200. The van der Waals surface area contributed by atoms with Gasteiger partial charge in [0, 0.05) is 10.0 Å². The molecule has 0 N–H and O–H groups in total. The highest BCUT2D eigenvalue weighted by Gasteiger charge is 2.45. The van der Waals surface area contributed by atoms with E-state index in [0.29, 0.717) is 11.1 Å². The van der Waals surface area contributed by atoms with Crippen LogP contribution in [0.25, 0.3) is 22.9 Å². The van der Waals surface area contributed by atoms with Crippen LogP contribution in [0.2, 0.25) is 13.1 Å². The lowest BCUT2D eigenvalue weighted by Gasteiger charge is -2.37. The summed E-state index contributed by atoms with van der Waals surface area (Å²) in [7, 11) is -1.69. The van der Waals surface area contributed by atoms with Crippen molar-refractivity contribution in [1.29, 1.82) is 0 Å². The first-order valence-corrected chi connectivity index (χ1v) is 13.6. The van der Waals surface area contributed by atoms with Crippen LogP contribution in [0.3, 0.4) is 0 Å². The Bertz CT molecular complexity index is 1140. The van der Waals surface area contributed by atoms with E-state index in [1.54, 1.807) is 0 Å². The van der Waals surface area contributed by atoms with E-state index in [2.05, 4.69) is 109 Å². The van der Waals surface area contributed by atoms with Gasteiger partial charge >= 0.3 is 0 Å². The molecular weight excluding hydrogens is 408 g/mol. The fourth-order valence-electron chi connectivity index (χ4n) is 5.35. The zero-order valence-electron chi connectivity index (χ0n) is 16.0.